The number of ether oxygens (including phenoxy) is 2. The Morgan fingerprint density at radius 2 is 1.96 bits per heavy atom. The van der Waals surface area contributed by atoms with Crippen molar-refractivity contribution in [1.82, 2.24) is 0 Å². The first kappa shape index (κ1) is 19.4. The molecule has 0 saturated carbocycles. The molecule has 2 aromatic rings. The predicted molar refractivity (Wildman–Crippen MR) is 105 cm³/mol. The quantitative estimate of drug-likeness (QED) is 0.804. The van der Waals surface area contributed by atoms with Gasteiger partial charge in [-0.1, -0.05) is 18.2 Å². The number of anilines is 2. The Bertz CT molecular complexity index is 896. The van der Waals surface area contributed by atoms with Crippen LogP contribution in [0.4, 0.5) is 11.4 Å². The van der Waals surface area contributed by atoms with Crippen LogP contribution in [-0.2, 0) is 14.3 Å². The molecule has 0 spiro atoms. The van der Waals surface area contributed by atoms with Crippen molar-refractivity contribution < 1.29 is 23.9 Å². The van der Waals surface area contributed by atoms with Gasteiger partial charge in [0.15, 0.2) is 6.61 Å². The molecular formula is C21H22N2O5. The maximum absolute atomic E-state index is 12.9. The van der Waals surface area contributed by atoms with E-state index >= 15 is 0 Å². The molecule has 0 aromatic heterocycles. The molecule has 1 N–H and O–H groups in total. The number of nitrogens with zero attached hydrogens (tertiary/aromatic N) is 1. The average Bonchev–Trinajstić information content (AvgIpc) is 2.80. The Labute approximate surface area is 163 Å². The van der Waals surface area contributed by atoms with Crippen molar-refractivity contribution in [3.05, 3.63) is 54.1 Å². The lowest BCUT2D eigenvalue weighted by molar-refractivity contribution is -0.121. The van der Waals surface area contributed by atoms with Gasteiger partial charge in [-0.15, -0.1) is 0 Å². The second kappa shape index (κ2) is 8.56. The Morgan fingerprint density at radius 3 is 2.75 bits per heavy atom. The van der Waals surface area contributed by atoms with Gasteiger partial charge in [-0.2, -0.15) is 0 Å². The number of nitrogens with one attached hydrogen (secondary N) is 1. The molecule has 7 heteroatoms. The van der Waals surface area contributed by atoms with Crippen LogP contribution in [0.15, 0.2) is 48.5 Å². The van der Waals surface area contributed by atoms with Crippen LogP contribution in [-0.4, -0.2) is 37.0 Å². The minimum atomic E-state index is -0.445. The molecule has 0 unspecified atom stereocenters. The van der Waals surface area contributed by atoms with Gasteiger partial charge in [0.05, 0.1) is 23.5 Å². The van der Waals surface area contributed by atoms with Crippen molar-refractivity contribution in [3.63, 3.8) is 0 Å². The number of hydrogen-bond acceptors (Lipinski definition) is 5. The highest BCUT2D eigenvalue weighted by Crippen LogP contribution is 2.31. The molecule has 7 nitrogen and oxygen atoms in total. The lowest BCUT2D eigenvalue weighted by Gasteiger charge is -2.27. The van der Waals surface area contributed by atoms with Crippen LogP contribution in [0, 0.1) is 0 Å². The molecule has 3 rings (SSSR count). The second-order valence-corrected chi connectivity index (χ2v) is 6.42. The highest BCUT2D eigenvalue weighted by atomic mass is 16.5. The molecule has 146 valence electrons. The number of carbonyl (C=O) groups excluding carboxylic acids is 3. The maximum Gasteiger partial charge on any atom is 0.338 e. The van der Waals surface area contributed by atoms with E-state index in [2.05, 4.69) is 5.32 Å². The highest BCUT2D eigenvalue weighted by molar-refractivity contribution is 6.04. The third kappa shape index (κ3) is 4.31. The van der Waals surface area contributed by atoms with Crippen molar-refractivity contribution >= 4 is 29.2 Å². The number of fused-ring (bicyclic) bond motifs is 1. The summed E-state index contributed by atoms with van der Waals surface area (Å²) in [4.78, 5) is 38.3. The summed E-state index contributed by atoms with van der Waals surface area (Å²) in [5.41, 5.74) is 1.58. The molecule has 2 aromatic carbocycles. The van der Waals surface area contributed by atoms with E-state index in [0.29, 0.717) is 22.7 Å². The molecule has 0 aliphatic carbocycles. The monoisotopic (exact) mass is 382 g/mol. The molecule has 1 aliphatic heterocycles. The zero-order valence-electron chi connectivity index (χ0n) is 15.8. The molecule has 0 saturated heterocycles. The average molecular weight is 382 g/mol. The van der Waals surface area contributed by atoms with Gasteiger partial charge in [0.2, 0.25) is 5.91 Å². The summed E-state index contributed by atoms with van der Waals surface area (Å²) < 4.78 is 10.6. The Kier molecular flexibility index (Phi) is 5.93. The van der Waals surface area contributed by atoms with E-state index in [1.807, 2.05) is 13.0 Å². The third-order valence-corrected chi connectivity index (χ3v) is 4.34. The molecule has 2 amide bonds. The highest BCUT2D eigenvalue weighted by Gasteiger charge is 2.29. The molecule has 28 heavy (non-hydrogen) atoms. The van der Waals surface area contributed by atoms with Crippen LogP contribution in [0.3, 0.4) is 0 Å². The topological polar surface area (TPSA) is 84.9 Å². The van der Waals surface area contributed by atoms with Gasteiger partial charge in [0.25, 0.3) is 5.91 Å². The zero-order valence-corrected chi connectivity index (χ0v) is 15.8. The fraction of sp³-hybridized carbons (Fsp3) is 0.286. The number of hydrogen-bond donors (Lipinski definition) is 1. The van der Waals surface area contributed by atoms with Gasteiger partial charge in [-0.05, 0) is 44.2 Å². The number of carbonyl (C=O) groups is 3. The van der Waals surface area contributed by atoms with E-state index in [0.717, 1.165) is 0 Å². The summed E-state index contributed by atoms with van der Waals surface area (Å²) in [5, 5.41) is 2.82. The summed E-state index contributed by atoms with van der Waals surface area (Å²) in [5.74, 6) is -0.473. The third-order valence-electron chi connectivity index (χ3n) is 4.34. The largest absolute Gasteiger partial charge is 0.484 e. The number of benzene rings is 2. The second-order valence-electron chi connectivity index (χ2n) is 6.42. The standard InChI is InChI=1S/C21H22N2O5/c1-3-27-21(26)15-7-6-8-16(12-15)28-13-20(25)23-14(2)11-19(24)22-17-9-4-5-10-18(17)23/h4-10,12,14H,3,11,13H2,1-2H3,(H,22,24)/t14-/m0/s1. The Morgan fingerprint density at radius 1 is 1.18 bits per heavy atom. The first-order valence-electron chi connectivity index (χ1n) is 9.10. The lowest BCUT2D eigenvalue weighted by Crippen LogP contribution is -2.41. The first-order chi connectivity index (χ1) is 13.5. The van der Waals surface area contributed by atoms with Gasteiger partial charge in [-0.25, -0.2) is 4.79 Å². The van der Waals surface area contributed by atoms with Crippen LogP contribution < -0.4 is 15.0 Å². The van der Waals surface area contributed by atoms with Gasteiger partial charge < -0.3 is 19.7 Å². The molecule has 0 fully saturated rings. The Hall–Kier alpha value is -3.35. The summed E-state index contributed by atoms with van der Waals surface area (Å²) in [6, 6.07) is 13.3. The van der Waals surface area contributed by atoms with Crippen molar-refractivity contribution in [3.8, 4) is 5.75 Å². The van der Waals surface area contributed by atoms with Crippen LogP contribution >= 0.6 is 0 Å². The fourth-order valence-electron chi connectivity index (χ4n) is 3.11. The zero-order chi connectivity index (χ0) is 20.1. The van der Waals surface area contributed by atoms with E-state index in [1.54, 1.807) is 48.2 Å². The van der Waals surface area contributed by atoms with Crippen LogP contribution in [0.2, 0.25) is 0 Å². The van der Waals surface area contributed by atoms with Gasteiger partial charge >= 0.3 is 5.97 Å². The van der Waals surface area contributed by atoms with Crippen molar-refractivity contribution in [1.29, 1.82) is 0 Å². The Balaban J connectivity index is 1.75. The molecule has 1 atom stereocenters. The van der Waals surface area contributed by atoms with E-state index < -0.39 is 5.97 Å². The van der Waals surface area contributed by atoms with E-state index in [4.69, 9.17) is 9.47 Å². The number of rotatable bonds is 5. The minimum absolute atomic E-state index is 0.140. The van der Waals surface area contributed by atoms with Crippen molar-refractivity contribution in [2.75, 3.05) is 23.4 Å². The molecule has 0 radical (unpaired) electrons. The van der Waals surface area contributed by atoms with E-state index in [-0.39, 0.29) is 37.5 Å². The molecule has 1 heterocycles. The number of esters is 1. The summed E-state index contributed by atoms with van der Waals surface area (Å²) >= 11 is 0. The van der Waals surface area contributed by atoms with Crippen molar-refractivity contribution in [2.45, 2.75) is 26.3 Å². The van der Waals surface area contributed by atoms with Crippen LogP contribution in [0.5, 0.6) is 5.75 Å². The molecule has 0 bridgehead atoms. The molecular weight excluding hydrogens is 360 g/mol. The summed E-state index contributed by atoms with van der Waals surface area (Å²) in [6.07, 6.45) is 0.193. The SMILES string of the molecule is CCOC(=O)c1cccc(OCC(=O)N2c3ccccc3NC(=O)C[C@@H]2C)c1. The minimum Gasteiger partial charge on any atom is -0.484 e. The van der Waals surface area contributed by atoms with E-state index in [9.17, 15) is 14.4 Å². The fourth-order valence-corrected chi connectivity index (χ4v) is 3.11. The van der Waals surface area contributed by atoms with Crippen molar-refractivity contribution in [2.24, 2.45) is 0 Å². The predicted octanol–water partition coefficient (Wildman–Crippen LogP) is 3.01. The normalized spacial score (nSPS) is 15.9. The van der Waals surface area contributed by atoms with Gasteiger partial charge in [-0.3, -0.25) is 9.59 Å². The first-order valence-corrected chi connectivity index (χ1v) is 9.10. The van der Waals surface area contributed by atoms with Gasteiger partial charge in [0.1, 0.15) is 5.75 Å². The van der Waals surface area contributed by atoms with Crippen LogP contribution in [0.25, 0.3) is 0 Å². The molecule has 1 aliphatic rings. The lowest BCUT2D eigenvalue weighted by atomic mass is 10.1. The number of amides is 2. The summed E-state index contributed by atoms with van der Waals surface area (Å²) in [7, 11) is 0. The number of para-hydroxylation sites is 2. The van der Waals surface area contributed by atoms with E-state index in [1.165, 1.54) is 6.07 Å². The van der Waals surface area contributed by atoms with Crippen LogP contribution in [0.1, 0.15) is 30.6 Å². The smallest absolute Gasteiger partial charge is 0.338 e. The maximum atomic E-state index is 12.9. The van der Waals surface area contributed by atoms with Gasteiger partial charge in [0, 0.05) is 12.5 Å². The summed E-state index contributed by atoms with van der Waals surface area (Å²) in [6.45, 7) is 3.61.